The summed E-state index contributed by atoms with van der Waals surface area (Å²) in [5.74, 6) is -1.88. The highest BCUT2D eigenvalue weighted by Crippen LogP contribution is 2.27. The Bertz CT molecular complexity index is 531. The third-order valence-corrected chi connectivity index (χ3v) is 3.04. The molecule has 6 nitrogen and oxygen atoms in total. The lowest BCUT2D eigenvalue weighted by atomic mass is 10.2. The molecule has 2 amide bonds. The average Bonchev–Trinajstić information content (AvgIpc) is 3.19. The van der Waals surface area contributed by atoms with Gasteiger partial charge in [-0.3, -0.25) is 0 Å². The Hall–Kier alpha value is -2.15. The van der Waals surface area contributed by atoms with Crippen molar-refractivity contribution in [2.24, 2.45) is 0 Å². The molecular weight excluding hydrogens is 267 g/mol. The first kappa shape index (κ1) is 14.3. The summed E-state index contributed by atoms with van der Waals surface area (Å²) in [7, 11) is 0. The maximum Gasteiger partial charge on any atom is 0.337 e. The molecule has 0 saturated heterocycles. The molecule has 20 heavy (non-hydrogen) atoms. The van der Waals surface area contributed by atoms with Crippen LogP contribution in [0.2, 0.25) is 0 Å². The van der Waals surface area contributed by atoms with Gasteiger partial charge in [-0.05, 0) is 31.0 Å². The van der Waals surface area contributed by atoms with Crippen molar-refractivity contribution in [3.8, 4) is 0 Å². The predicted molar refractivity (Wildman–Crippen MR) is 69.2 cm³/mol. The lowest BCUT2D eigenvalue weighted by Gasteiger charge is -2.22. The van der Waals surface area contributed by atoms with E-state index >= 15 is 0 Å². The molecule has 108 valence electrons. The highest BCUT2D eigenvalue weighted by molar-refractivity contribution is 6.00. The second kappa shape index (κ2) is 5.87. The monoisotopic (exact) mass is 282 g/mol. The van der Waals surface area contributed by atoms with Crippen LogP contribution in [-0.4, -0.2) is 46.3 Å². The van der Waals surface area contributed by atoms with Gasteiger partial charge in [0.1, 0.15) is 5.82 Å². The van der Waals surface area contributed by atoms with Gasteiger partial charge in [-0.15, -0.1) is 0 Å². The number of urea groups is 1. The van der Waals surface area contributed by atoms with E-state index < -0.39 is 17.8 Å². The molecule has 7 heteroatoms. The number of nitrogens with one attached hydrogen (secondary N) is 1. The number of carbonyl (C=O) groups is 2. The number of benzene rings is 1. The highest BCUT2D eigenvalue weighted by Gasteiger charge is 2.32. The van der Waals surface area contributed by atoms with Crippen molar-refractivity contribution in [1.29, 1.82) is 0 Å². The van der Waals surface area contributed by atoms with Gasteiger partial charge in [-0.2, -0.15) is 0 Å². The number of hydrogen-bond donors (Lipinski definition) is 3. The van der Waals surface area contributed by atoms with E-state index in [1.165, 1.54) is 4.90 Å². The molecule has 0 spiro atoms. The molecule has 1 aliphatic rings. The average molecular weight is 282 g/mol. The molecule has 0 atom stereocenters. The Morgan fingerprint density at radius 2 is 2.10 bits per heavy atom. The van der Waals surface area contributed by atoms with E-state index in [0.717, 1.165) is 31.0 Å². The number of halogens is 1. The van der Waals surface area contributed by atoms with Crippen LogP contribution < -0.4 is 5.32 Å². The maximum absolute atomic E-state index is 13.2. The quantitative estimate of drug-likeness (QED) is 0.763. The van der Waals surface area contributed by atoms with Crippen LogP contribution in [0.15, 0.2) is 18.2 Å². The van der Waals surface area contributed by atoms with E-state index in [4.69, 9.17) is 10.2 Å². The van der Waals surface area contributed by atoms with Gasteiger partial charge >= 0.3 is 12.0 Å². The normalized spacial score (nSPS) is 13.9. The van der Waals surface area contributed by atoms with Gasteiger partial charge in [0.2, 0.25) is 0 Å². The smallest absolute Gasteiger partial charge is 0.337 e. The minimum Gasteiger partial charge on any atom is -0.478 e. The molecule has 1 aromatic rings. The van der Waals surface area contributed by atoms with Crippen LogP contribution in [0.25, 0.3) is 0 Å². The highest BCUT2D eigenvalue weighted by atomic mass is 19.1. The first-order chi connectivity index (χ1) is 9.52. The minimum absolute atomic E-state index is 0.0592. The molecule has 0 aromatic heterocycles. The zero-order chi connectivity index (χ0) is 14.7. The van der Waals surface area contributed by atoms with Crippen LogP contribution in [0.1, 0.15) is 23.2 Å². The lowest BCUT2D eigenvalue weighted by molar-refractivity contribution is 0.0698. The maximum atomic E-state index is 13.2. The lowest BCUT2D eigenvalue weighted by Crippen LogP contribution is -2.39. The van der Waals surface area contributed by atoms with Gasteiger partial charge in [0, 0.05) is 12.6 Å². The summed E-state index contributed by atoms with van der Waals surface area (Å²) in [6.07, 6.45) is 1.70. The van der Waals surface area contributed by atoms with Crippen molar-refractivity contribution in [2.75, 3.05) is 18.5 Å². The van der Waals surface area contributed by atoms with Crippen LogP contribution in [0.4, 0.5) is 14.9 Å². The van der Waals surface area contributed by atoms with Gasteiger partial charge in [-0.25, -0.2) is 14.0 Å². The summed E-state index contributed by atoms with van der Waals surface area (Å²) in [4.78, 5) is 24.5. The number of aliphatic hydroxyl groups is 1. The van der Waals surface area contributed by atoms with E-state index in [1.54, 1.807) is 0 Å². The third kappa shape index (κ3) is 3.24. The third-order valence-electron chi connectivity index (χ3n) is 3.04. The number of nitrogens with zero attached hydrogens (tertiary/aromatic N) is 1. The summed E-state index contributed by atoms with van der Waals surface area (Å²) in [6, 6.07) is 2.61. The van der Waals surface area contributed by atoms with E-state index in [9.17, 15) is 14.0 Å². The summed E-state index contributed by atoms with van der Waals surface area (Å²) in [5.41, 5.74) is -0.273. The van der Waals surface area contributed by atoms with Gasteiger partial charge in [0.25, 0.3) is 0 Å². The number of carboxylic acid groups (broad SMARTS) is 1. The fourth-order valence-electron chi connectivity index (χ4n) is 1.94. The van der Waals surface area contributed by atoms with Crippen molar-refractivity contribution in [1.82, 2.24) is 4.90 Å². The second-order valence-electron chi connectivity index (χ2n) is 4.57. The summed E-state index contributed by atoms with van der Waals surface area (Å²) in [6.45, 7) is -0.0208. The van der Waals surface area contributed by atoms with Gasteiger partial charge in [0.15, 0.2) is 0 Å². The Kier molecular flexibility index (Phi) is 4.19. The SMILES string of the molecule is O=C(O)c1ccc(F)cc1NC(=O)N(CCO)C1CC1. The van der Waals surface area contributed by atoms with Crippen molar-refractivity contribution in [3.63, 3.8) is 0 Å². The number of carboxylic acids is 1. The van der Waals surface area contributed by atoms with Crippen LogP contribution >= 0.6 is 0 Å². The number of amides is 2. The number of aromatic carboxylic acids is 1. The van der Waals surface area contributed by atoms with E-state index in [1.807, 2.05) is 0 Å². The number of rotatable bonds is 5. The zero-order valence-corrected chi connectivity index (χ0v) is 10.7. The van der Waals surface area contributed by atoms with Crippen LogP contribution in [0.5, 0.6) is 0 Å². The van der Waals surface area contributed by atoms with E-state index in [2.05, 4.69) is 5.32 Å². The topological polar surface area (TPSA) is 89.9 Å². The van der Waals surface area contributed by atoms with Gasteiger partial charge < -0.3 is 20.4 Å². The van der Waals surface area contributed by atoms with Gasteiger partial charge in [0.05, 0.1) is 17.9 Å². The zero-order valence-electron chi connectivity index (χ0n) is 10.7. The van der Waals surface area contributed by atoms with Crippen molar-refractivity contribution < 1.29 is 24.2 Å². The summed E-state index contributed by atoms with van der Waals surface area (Å²) in [5, 5.41) is 20.3. The van der Waals surface area contributed by atoms with Gasteiger partial charge in [-0.1, -0.05) is 0 Å². The summed E-state index contributed by atoms with van der Waals surface area (Å²) >= 11 is 0. The van der Waals surface area contributed by atoms with Crippen LogP contribution in [0, 0.1) is 5.82 Å². The molecule has 1 fully saturated rings. The first-order valence-corrected chi connectivity index (χ1v) is 6.24. The Labute approximate surface area is 114 Å². The molecular formula is C13H15FN2O4. The molecule has 2 rings (SSSR count). The Morgan fingerprint density at radius 3 is 2.65 bits per heavy atom. The number of carbonyl (C=O) groups excluding carboxylic acids is 1. The Morgan fingerprint density at radius 1 is 1.40 bits per heavy atom. The van der Waals surface area contributed by atoms with Crippen LogP contribution in [-0.2, 0) is 0 Å². The number of aliphatic hydroxyl groups excluding tert-OH is 1. The standard InChI is InChI=1S/C13H15FN2O4/c14-8-1-4-10(12(18)19)11(7-8)15-13(20)16(5-6-17)9-2-3-9/h1,4,7,9,17H,2-3,5-6H2,(H,15,20)(H,18,19). The van der Waals surface area contributed by atoms with E-state index in [-0.39, 0.29) is 30.4 Å². The molecule has 0 radical (unpaired) electrons. The fraction of sp³-hybridized carbons (Fsp3) is 0.385. The molecule has 1 saturated carbocycles. The summed E-state index contributed by atoms with van der Waals surface area (Å²) < 4.78 is 13.2. The molecule has 0 unspecified atom stereocenters. The predicted octanol–water partition coefficient (Wildman–Crippen LogP) is 1.51. The van der Waals surface area contributed by atoms with Crippen LogP contribution in [0.3, 0.4) is 0 Å². The fourth-order valence-corrected chi connectivity index (χ4v) is 1.94. The molecule has 1 aliphatic carbocycles. The second-order valence-corrected chi connectivity index (χ2v) is 4.57. The van der Waals surface area contributed by atoms with Crippen molar-refractivity contribution >= 4 is 17.7 Å². The molecule has 0 heterocycles. The largest absolute Gasteiger partial charge is 0.478 e. The number of hydrogen-bond acceptors (Lipinski definition) is 3. The molecule has 1 aromatic carbocycles. The minimum atomic E-state index is -1.25. The van der Waals surface area contributed by atoms with Crippen molar-refractivity contribution in [3.05, 3.63) is 29.6 Å². The van der Waals surface area contributed by atoms with E-state index in [0.29, 0.717) is 0 Å². The molecule has 0 aliphatic heterocycles. The molecule has 3 N–H and O–H groups in total. The van der Waals surface area contributed by atoms with Crippen molar-refractivity contribution in [2.45, 2.75) is 18.9 Å². The Balaban J connectivity index is 2.17. The first-order valence-electron chi connectivity index (χ1n) is 6.24. The number of anilines is 1. The molecule has 0 bridgehead atoms.